The van der Waals surface area contributed by atoms with Gasteiger partial charge in [0.25, 0.3) is 0 Å². The summed E-state index contributed by atoms with van der Waals surface area (Å²) in [5, 5.41) is 9.70. The number of halogens is 1. The van der Waals surface area contributed by atoms with Crippen molar-refractivity contribution >= 4 is 28.8 Å². The maximum atomic E-state index is 10.5. The smallest absolute Gasteiger partial charge is 1.00 e. The fourth-order valence-corrected chi connectivity index (χ4v) is 2.44. The van der Waals surface area contributed by atoms with Gasteiger partial charge >= 0.3 is 23.1 Å². The van der Waals surface area contributed by atoms with E-state index in [-0.39, 0.29) is 40.0 Å². The monoisotopic (exact) mass is 378 g/mol. The average Bonchev–Trinajstić information content (AvgIpc) is 2.42. The zero-order chi connectivity index (χ0) is 15.3. The van der Waals surface area contributed by atoms with Crippen molar-refractivity contribution < 1.29 is 26.9 Å². The molecule has 1 N–H and O–H groups in total. The minimum atomic E-state index is -0.632. The molecule has 0 atom stereocenters. The van der Waals surface area contributed by atoms with Gasteiger partial charge in [0.05, 0.1) is 0 Å². The molecular weight excluding hydrogens is 352 g/mol. The van der Waals surface area contributed by atoms with Crippen LogP contribution in [-0.2, 0) is 4.79 Å². The molecule has 0 aliphatic heterocycles. The third-order valence-electron chi connectivity index (χ3n) is 3.45. The van der Waals surface area contributed by atoms with E-state index >= 15 is 0 Å². The van der Waals surface area contributed by atoms with Crippen LogP contribution in [0.4, 0.5) is 0 Å². The Balaban J connectivity index is -0.000000267. The van der Waals surface area contributed by atoms with Gasteiger partial charge in [-0.25, -0.2) is 0 Å². The molecule has 0 aromatic carbocycles. The van der Waals surface area contributed by atoms with E-state index in [0.717, 1.165) is 51.4 Å². The van der Waals surface area contributed by atoms with E-state index in [2.05, 4.69) is 11.8 Å². The SMILES string of the molecule is CC#CC1(O)CCCCC1.O=C1CCCCC1.[Br-].[C-]#CC.[Mg+2]. The summed E-state index contributed by atoms with van der Waals surface area (Å²) >= 11 is 0. The number of ketones is 1. The second kappa shape index (κ2) is 17.4. The maximum Gasteiger partial charge on any atom is 2.00 e. The molecule has 0 radical (unpaired) electrons. The van der Waals surface area contributed by atoms with Crippen molar-refractivity contribution in [2.24, 2.45) is 0 Å². The van der Waals surface area contributed by atoms with Crippen molar-refractivity contribution in [1.82, 2.24) is 0 Å². The summed E-state index contributed by atoms with van der Waals surface area (Å²) in [6, 6.07) is 0. The first kappa shape index (κ1) is 26.9. The van der Waals surface area contributed by atoms with Crippen molar-refractivity contribution in [2.75, 3.05) is 0 Å². The number of hydrogen-bond donors (Lipinski definition) is 1. The molecule has 0 heterocycles. The predicted molar refractivity (Wildman–Crippen MR) is 88.1 cm³/mol. The summed E-state index contributed by atoms with van der Waals surface area (Å²) in [6.07, 6.45) is 16.5. The zero-order valence-electron chi connectivity index (χ0n) is 14.0. The van der Waals surface area contributed by atoms with Crippen LogP contribution in [0.5, 0.6) is 0 Å². The van der Waals surface area contributed by atoms with Crippen LogP contribution in [0.2, 0.25) is 0 Å². The second-order valence-electron chi connectivity index (χ2n) is 5.32. The third-order valence-corrected chi connectivity index (χ3v) is 3.45. The Labute approximate surface area is 163 Å². The molecule has 120 valence electrons. The van der Waals surface area contributed by atoms with Crippen LogP contribution in [0.1, 0.15) is 78.1 Å². The summed E-state index contributed by atoms with van der Waals surface area (Å²) in [4.78, 5) is 10.5. The van der Waals surface area contributed by atoms with Crippen LogP contribution in [0.25, 0.3) is 0 Å². The fourth-order valence-electron chi connectivity index (χ4n) is 2.44. The molecule has 4 heteroatoms. The van der Waals surface area contributed by atoms with Crippen LogP contribution >= 0.6 is 0 Å². The first-order valence-corrected chi connectivity index (χ1v) is 7.59. The van der Waals surface area contributed by atoms with Crippen LogP contribution in [0, 0.1) is 24.2 Å². The van der Waals surface area contributed by atoms with Crippen molar-refractivity contribution in [1.29, 1.82) is 0 Å². The van der Waals surface area contributed by atoms with Gasteiger partial charge in [0.2, 0.25) is 0 Å². The van der Waals surface area contributed by atoms with Gasteiger partial charge in [-0.15, -0.1) is 5.92 Å². The molecule has 0 amide bonds. The number of aliphatic hydroxyl groups is 1. The van der Waals surface area contributed by atoms with E-state index in [9.17, 15) is 9.90 Å². The molecule has 22 heavy (non-hydrogen) atoms. The summed E-state index contributed by atoms with van der Waals surface area (Å²) in [7, 11) is 0. The van der Waals surface area contributed by atoms with E-state index in [1.54, 1.807) is 13.8 Å². The largest absolute Gasteiger partial charge is 2.00 e. The van der Waals surface area contributed by atoms with Gasteiger partial charge in [0, 0.05) is 12.8 Å². The molecule has 2 aliphatic carbocycles. The summed E-state index contributed by atoms with van der Waals surface area (Å²) < 4.78 is 0. The molecule has 2 nitrogen and oxygen atoms in total. The van der Waals surface area contributed by atoms with E-state index in [4.69, 9.17) is 6.42 Å². The maximum absolute atomic E-state index is 10.5. The molecule has 0 aromatic rings. The number of carbonyl (C=O) groups is 1. The Kier molecular flexibility index (Phi) is 21.2. The van der Waals surface area contributed by atoms with Gasteiger partial charge < -0.3 is 34.4 Å². The van der Waals surface area contributed by atoms with Crippen molar-refractivity contribution in [2.45, 2.75) is 83.7 Å². The molecule has 2 fully saturated rings. The molecule has 2 rings (SSSR count). The Bertz CT molecular complexity index is 363. The summed E-state index contributed by atoms with van der Waals surface area (Å²) in [5.41, 5.74) is -0.632. The van der Waals surface area contributed by atoms with Crippen molar-refractivity contribution in [3.8, 4) is 17.8 Å². The average molecular weight is 380 g/mol. The van der Waals surface area contributed by atoms with Gasteiger partial charge in [-0.05, 0) is 52.4 Å². The van der Waals surface area contributed by atoms with Crippen LogP contribution in [0.3, 0.4) is 0 Å². The van der Waals surface area contributed by atoms with Crippen molar-refractivity contribution in [3.63, 3.8) is 0 Å². The minimum absolute atomic E-state index is 0. The number of rotatable bonds is 0. The summed E-state index contributed by atoms with van der Waals surface area (Å²) in [5.74, 6) is 8.11. The first-order valence-electron chi connectivity index (χ1n) is 7.59. The Hall–Kier alpha value is -0.00377. The number of carbonyl (C=O) groups excluding carboxylic acids is 1. The normalized spacial score (nSPS) is 18.0. The van der Waals surface area contributed by atoms with Gasteiger partial charge in [-0.1, -0.05) is 18.8 Å². The Morgan fingerprint density at radius 2 is 1.41 bits per heavy atom. The van der Waals surface area contributed by atoms with Crippen LogP contribution in [-0.4, -0.2) is 39.5 Å². The van der Waals surface area contributed by atoms with Gasteiger partial charge in [-0.2, -0.15) is 0 Å². The van der Waals surface area contributed by atoms with E-state index in [1.165, 1.54) is 12.8 Å². The number of hydrogen-bond acceptors (Lipinski definition) is 2. The van der Waals surface area contributed by atoms with Crippen LogP contribution < -0.4 is 17.0 Å². The van der Waals surface area contributed by atoms with Gasteiger partial charge in [-0.3, -0.25) is 4.79 Å². The fraction of sp³-hybridized carbons (Fsp3) is 0.722. The molecule has 2 aliphatic rings. The topological polar surface area (TPSA) is 37.3 Å². The minimum Gasteiger partial charge on any atom is -1.00 e. The van der Waals surface area contributed by atoms with Crippen molar-refractivity contribution in [3.05, 3.63) is 6.42 Å². The zero-order valence-corrected chi connectivity index (χ0v) is 17.0. The van der Waals surface area contributed by atoms with Crippen LogP contribution in [0.15, 0.2) is 0 Å². The molecule has 0 spiro atoms. The third kappa shape index (κ3) is 14.9. The molecule has 0 saturated heterocycles. The predicted octanol–water partition coefficient (Wildman–Crippen LogP) is 0.444. The van der Waals surface area contributed by atoms with Gasteiger partial charge in [0.1, 0.15) is 11.4 Å². The molecular formula is C18H27BrMgO2. The first-order chi connectivity index (χ1) is 9.58. The quantitative estimate of drug-likeness (QED) is 0.377. The standard InChI is InChI=1S/C9H14O.C6H10O.C3H3.BrH.Mg/c1-2-6-9(10)7-4-3-5-8-9;7-6-4-2-1-3-5-6;1-3-2;;/h10H,3-5,7-8H2,1H3;1-5H2;1H3;1H;/q;;-1;;+2/p-1. The molecule has 0 aromatic heterocycles. The summed E-state index contributed by atoms with van der Waals surface area (Å²) in [6.45, 7) is 3.33. The van der Waals surface area contributed by atoms with E-state index < -0.39 is 5.60 Å². The van der Waals surface area contributed by atoms with E-state index in [1.807, 2.05) is 5.92 Å². The molecule has 2 saturated carbocycles. The molecule has 0 bridgehead atoms. The van der Waals surface area contributed by atoms with Gasteiger partial charge in [0.15, 0.2) is 0 Å². The molecule has 0 unspecified atom stereocenters. The Morgan fingerprint density at radius 3 is 1.73 bits per heavy atom. The second-order valence-corrected chi connectivity index (χ2v) is 5.32. The van der Waals surface area contributed by atoms with E-state index in [0.29, 0.717) is 5.78 Å². The Morgan fingerprint density at radius 1 is 1.00 bits per heavy atom. The number of Topliss-reactive ketones (excluding diaryl/α,β-unsaturated/α-hetero) is 1.